The van der Waals surface area contributed by atoms with Crippen LogP contribution >= 0.6 is 0 Å². The van der Waals surface area contributed by atoms with Gasteiger partial charge < -0.3 is 0 Å². The Labute approximate surface area is 144 Å². The minimum absolute atomic E-state index is 1.04. The van der Waals surface area contributed by atoms with Gasteiger partial charge in [0.25, 0.3) is 0 Å². The summed E-state index contributed by atoms with van der Waals surface area (Å²) in [5.74, 6) is 3.24. The highest BCUT2D eigenvalue weighted by Crippen LogP contribution is 2.13. The van der Waals surface area contributed by atoms with E-state index in [1.54, 1.807) is 0 Å². The first-order valence-electron chi connectivity index (χ1n) is 10.1. The van der Waals surface area contributed by atoms with Crippen molar-refractivity contribution in [2.45, 2.75) is 103 Å². The minimum Gasteiger partial charge on any atom is -0.284 e. The van der Waals surface area contributed by atoms with Crippen LogP contribution in [0.25, 0.3) is 0 Å². The standard InChI is InChI=1S/C22H37N/c1-2-3-4-5-6-7-8-9-10-11-12-13-14-15-16-17-20-23-21-18-19-22-23/h18-19,21-22H,2-16H2,1H3. The highest BCUT2D eigenvalue weighted by atomic mass is 14.9. The van der Waals surface area contributed by atoms with Crippen molar-refractivity contribution in [1.29, 1.82) is 0 Å². The van der Waals surface area contributed by atoms with E-state index in [-0.39, 0.29) is 0 Å². The van der Waals surface area contributed by atoms with E-state index in [1.807, 2.05) is 29.1 Å². The van der Waals surface area contributed by atoms with Gasteiger partial charge in [-0.3, -0.25) is 4.57 Å². The molecule has 0 saturated carbocycles. The topological polar surface area (TPSA) is 4.93 Å². The highest BCUT2D eigenvalue weighted by Gasteiger charge is 1.93. The molecular weight excluding hydrogens is 278 g/mol. The fraction of sp³-hybridized carbons (Fsp3) is 0.727. The van der Waals surface area contributed by atoms with Crippen LogP contribution < -0.4 is 0 Å². The summed E-state index contributed by atoms with van der Waals surface area (Å²) in [6.07, 6.45) is 24.9. The second-order valence-electron chi connectivity index (χ2n) is 6.73. The number of hydrogen-bond donors (Lipinski definition) is 0. The largest absolute Gasteiger partial charge is 0.284 e. The second-order valence-corrected chi connectivity index (χ2v) is 6.73. The Hall–Kier alpha value is -1.16. The average Bonchev–Trinajstić information content (AvgIpc) is 3.08. The maximum Gasteiger partial charge on any atom is 0.0177 e. The number of rotatable bonds is 14. The van der Waals surface area contributed by atoms with Crippen LogP contribution in [-0.4, -0.2) is 4.57 Å². The van der Waals surface area contributed by atoms with E-state index >= 15 is 0 Å². The van der Waals surface area contributed by atoms with Crippen LogP contribution in [0.4, 0.5) is 0 Å². The first-order chi connectivity index (χ1) is 11.4. The van der Waals surface area contributed by atoms with Gasteiger partial charge in [-0.15, -0.1) is 0 Å². The van der Waals surface area contributed by atoms with Gasteiger partial charge in [-0.1, -0.05) is 96.3 Å². The molecule has 1 aromatic rings. The van der Waals surface area contributed by atoms with E-state index in [0.29, 0.717) is 0 Å². The minimum atomic E-state index is 1.04. The SMILES string of the molecule is CCCCCCCCCCCCCCCCC#Cn1cccc1. The normalized spacial score (nSPS) is 10.5. The maximum absolute atomic E-state index is 3.24. The van der Waals surface area contributed by atoms with Gasteiger partial charge in [0.05, 0.1) is 0 Å². The van der Waals surface area contributed by atoms with E-state index in [1.165, 1.54) is 89.9 Å². The van der Waals surface area contributed by atoms with E-state index in [9.17, 15) is 0 Å². The second kappa shape index (κ2) is 15.7. The molecule has 1 heteroatoms. The quantitative estimate of drug-likeness (QED) is 0.253. The number of aromatic nitrogens is 1. The molecule has 0 aliphatic heterocycles. The van der Waals surface area contributed by atoms with Crippen molar-refractivity contribution in [2.24, 2.45) is 0 Å². The van der Waals surface area contributed by atoms with Crippen molar-refractivity contribution in [3.05, 3.63) is 24.5 Å². The van der Waals surface area contributed by atoms with Crippen molar-refractivity contribution >= 4 is 0 Å². The fourth-order valence-electron chi connectivity index (χ4n) is 2.96. The molecule has 1 rings (SSSR count). The lowest BCUT2D eigenvalue weighted by Gasteiger charge is -2.02. The summed E-state index contributed by atoms with van der Waals surface area (Å²) in [5.41, 5.74) is 0. The average molecular weight is 316 g/mol. The Morgan fingerprint density at radius 3 is 1.52 bits per heavy atom. The van der Waals surface area contributed by atoms with Crippen LogP contribution in [0.1, 0.15) is 103 Å². The summed E-state index contributed by atoms with van der Waals surface area (Å²) in [5, 5.41) is 0. The van der Waals surface area contributed by atoms with Gasteiger partial charge in [-0.2, -0.15) is 0 Å². The molecule has 0 N–H and O–H groups in total. The summed E-state index contributed by atoms with van der Waals surface area (Å²) in [4.78, 5) is 0. The lowest BCUT2D eigenvalue weighted by Crippen LogP contribution is -1.83. The van der Waals surface area contributed by atoms with E-state index in [0.717, 1.165) is 6.42 Å². The molecule has 0 spiro atoms. The van der Waals surface area contributed by atoms with Crippen LogP contribution in [0.5, 0.6) is 0 Å². The lowest BCUT2D eigenvalue weighted by atomic mass is 10.0. The smallest absolute Gasteiger partial charge is 0.0177 e. The Morgan fingerprint density at radius 2 is 1.04 bits per heavy atom. The van der Waals surface area contributed by atoms with Crippen molar-refractivity contribution in [3.63, 3.8) is 0 Å². The number of nitrogens with zero attached hydrogens (tertiary/aromatic N) is 1. The van der Waals surface area contributed by atoms with Gasteiger partial charge in [0.2, 0.25) is 0 Å². The van der Waals surface area contributed by atoms with Gasteiger partial charge in [-0.25, -0.2) is 0 Å². The van der Waals surface area contributed by atoms with Gasteiger partial charge in [0, 0.05) is 24.9 Å². The third-order valence-corrected chi connectivity index (χ3v) is 4.47. The van der Waals surface area contributed by atoms with Crippen LogP contribution in [0, 0.1) is 12.0 Å². The first kappa shape index (κ1) is 19.9. The van der Waals surface area contributed by atoms with Crippen LogP contribution in [0.15, 0.2) is 24.5 Å². The molecule has 0 aliphatic rings. The van der Waals surface area contributed by atoms with E-state index in [2.05, 4.69) is 18.9 Å². The Balaban J connectivity index is 1.73. The molecule has 1 nitrogen and oxygen atoms in total. The highest BCUT2D eigenvalue weighted by molar-refractivity contribution is 5.06. The first-order valence-corrected chi connectivity index (χ1v) is 10.1. The Kier molecular flexibility index (Phi) is 13.6. The molecule has 0 bridgehead atoms. The predicted octanol–water partition coefficient (Wildman–Crippen LogP) is 7.17. The molecular formula is C22H37N. The molecule has 0 radical (unpaired) electrons. The van der Waals surface area contributed by atoms with E-state index < -0.39 is 0 Å². The van der Waals surface area contributed by atoms with Crippen molar-refractivity contribution in [2.75, 3.05) is 0 Å². The molecule has 1 aromatic heterocycles. The van der Waals surface area contributed by atoms with Gasteiger partial charge in [0.1, 0.15) is 0 Å². The third-order valence-electron chi connectivity index (χ3n) is 4.47. The zero-order chi connectivity index (χ0) is 16.4. The third kappa shape index (κ3) is 13.0. The molecule has 0 atom stereocenters. The molecule has 0 aromatic carbocycles. The van der Waals surface area contributed by atoms with Crippen molar-refractivity contribution < 1.29 is 0 Å². The summed E-state index contributed by atoms with van der Waals surface area (Å²) >= 11 is 0. The van der Waals surface area contributed by atoms with Crippen molar-refractivity contribution in [1.82, 2.24) is 4.57 Å². The molecule has 0 unspecified atom stereocenters. The zero-order valence-electron chi connectivity index (χ0n) is 15.4. The summed E-state index contributed by atoms with van der Waals surface area (Å²) in [6.45, 7) is 2.29. The van der Waals surface area contributed by atoms with Gasteiger partial charge in [-0.05, 0) is 18.6 Å². The summed E-state index contributed by atoms with van der Waals surface area (Å²) in [7, 11) is 0. The monoisotopic (exact) mass is 315 g/mol. The van der Waals surface area contributed by atoms with Crippen LogP contribution in [0.3, 0.4) is 0 Å². The van der Waals surface area contributed by atoms with Crippen LogP contribution in [-0.2, 0) is 0 Å². The molecule has 0 amide bonds. The predicted molar refractivity (Wildman–Crippen MR) is 103 cm³/mol. The molecule has 0 saturated heterocycles. The Morgan fingerprint density at radius 1 is 0.609 bits per heavy atom. The van der Waals surface area contributed by atoms with Crippen molar-refractivity contribution in [3.8, 4) is 12.0 Å². The lowest BCUT2D eigenvalue weighted by molar-refractivity contribution is 0.536. The molecule has 130 valence electrons. The molecule has 0 fully saturated rings. The fourth-order valence-corrected chi connectivity index (χ4v) is 2.96. The number of hydrogen-bond acceptors (Lipinski definition) is 0. The van der Waals surface area contributed by atoms with Gasteiger partial charge >= 0.3 is 0 Å². The van der Waals surface area contributed by atoms with Crippen LogP contribution in [0.2, 0.25) is 0 Å². The molecule has 23 heavy (non-hydrogen) atoms. The van der Waals surface area contributed by atoms with Gasteiger partial charge in [0.15, 0.2) is 0 Å². The summed E-state index contributed by atoms with van der Waals surface area (Å²) in [6, 6.07) is 7.17. The number of unbranched alkanes of at least 4 members (excludes halogenated alkanes) is 14. The zero-order valence-corrected chi connectivity index (χ0v) is 15.4. The molecule has 0 aliphatic carbocycles. The maximum atomic E-state index is 3.24. The summed E-state index contributed by atoms with van der Waals surface area (Å²) < 4.78 is 1.93. The Bertz CT molecular complexity index is 393. The van der Waals surface area contributed by atoms with E-state index in [4.69, 9.17) is 0 Å². The molecule has 1 heterocycles.